The Morgan fingerprint density at radius 1 is 0.913 bits per heavy atom. The fourth-order valence-corrected chi connectivity index (χ4v) is 3.31. The highest BCUT2D eigenvalue weighted by Gasteiger charge is 2.10. The molecule has 0 amide bonds. The van der Waals surface area contributed by atoms with Crippen LogP contribution in [-0.4, -0.2) is 13.2 Å². The molecule has 0 aliphatic heterocycles. The SMILES string of the molecule is CCOc1c(Cl)cc(Cl)cc1CNCCc1ccc(Cl)cc1Cl. The van der Waals surface area contributed by atoms with Crippen LogP contribution in [0, 0.1) is 0 Å². The van der Waals surface area contributed by atoms with Crippen LogP contribution in [0.15, 0.2) is 30.3 Å². The van der Waals surface area contributed by atoms with E-state index in [2.05, 4.69) is 5.32 Å². The lowest BCUT2D eigenvalue weighted by Crippen LogP contribution is -2.17. The summed E-state index contributed by atoms with van der Waals surface area (Å²) in [6.07, 6.45) is 0.800. The van der Waals surface area contributed by atoms with Gasteiger partial charge < -0.3 is 10.1 Å². The first-order valence-corrected chi connectivity index (χ1v) is 8.77. The maximum atomic E-state index is 6.19. The van der Waals surface area contributed by atoms with Crippen LogP contribution in [0.4, 0.5) is 0 Å². The largest absolute Gasteiger partial charge is 0.492 e. The quantitative estimate of drug-likeness (QED) is 0.580. The number of halogens is 4. The van der Waals surface area contributed by atoms with Gasteiger partial charge in [-0.3, -0.25) is 0 Å². The van der Waals surface area contributed by atoms with Gasteiger partial charge in [-0.1, -0.05) is 52.5 Å². The number of nitrogens with one attached hydrogen (secondary N) is 1. The Hall–Kier alpha value is -0.640. The van der Waals surface area contributed by atoms with Gasteiger partial charge in [-0.05, 0) is 49.7 Å². The predicted octanol–water partition coefficient (Wildman–Crippen LogP) is 6.03. The Labute approximate surface area is 156 Å². The zero-order valence-corrected chi connectivity index (χ0v) is 15.7. The van der Waals surface area contributed by atoms with E-state index in [9.17, 15) is 0 Å². The number of benzene rings is 2. The zero-order chi connectivity index (χ0) is 16.8. The smallest absolute Gasteiger partial charge is 0.142 e. The van der Waals surface area contributed by atoms with Crippen molar-refractivity contribution < 1.29 is 4.74 Å². The lowest BCUT2D eigenvalue weighted by atomic mass is 10.1. The van der Waals surface area contributed by atoms with Gasteiger partial charge in [0.15, 0.2) is 0 Å². The summed E-state index contributed by atoms with van der Waals surface area (Å²) in [7, 11) is 0. The van der Waals surface area contributed by atoms with E-state index in [1.165, 1.54) is 0 Å². The maximum absolute atomic E-state index is 6.19. The maximum Gasteiger partial charge on any atom is 0.142 e. The van der Waals surface area contributed by atoms with Crippen LogP contribution in [0.2, 0.25) is 20.1 Å². The molecule has 0 bridgehead atoms. The lowest BCUT2D eigenvalue weighted by molar-refractivity contribution is 0.336. The Morgan fingerprint density at radius 2 is 1.65 bits per heavy atom. The minimum Gasteiger partial charge on any atom is -0.492 e. The van der Waals surface area contributed by atoms with Crippen LogP contribution < -0.4 is 10.1 Å². The van der Waals surface area contributed by atoms with Crippen LogP contribution in [0.1, 0.15) is 18.1 Å². The number of rotatable bonds is 7. The molecule has 0 saturated heterocycles. The van der Waals surface area contributed by atoms with Crippen LogP contribution in [0.25, 0.3) is 0 Å². The summed E-state index contributed by atoms with van der Waals surface area (Å²) in [5.41, 5.74) is 1.99. The first-order chi connectivity index (χ1) is 11.0. The molecule has 0 heterocycles. The van der Waals surface area contributed by atoms with Crippen molar-refractivity contribution in [3.05, 3.63) is 61.5 Å². The van der Waals surface area contributed by atoms with Gasteiger partial charge in [-0.25, -0.2) is 0 Å². The second-order valence-corrected chi connectivity index (χ2v) is 6.66. The topological polar surface area (TPSA) is 21.3 Å². The molecule has 0 spiro atoms. The molecule has 0 saturated carbocycles. The van der Waals surface area contributed by atoms with E-state index in [0.717, 1.165) is 24.1 Å². The second kappa shape index (κ2) is 9.00. The molecule has 2 rings (SSSR count). The van der Waals surface area contributed by atoms with Gasteiger partial charge in [-0.15, -0.1) is 0 Å². The van der Waals surface area contributed by atoms with Crippen molar-refractivity contribution >= 4 is 46.4 Å². The molecule has 0 fully saturated rings. The van der Waals surface area contributed by atoms with E-state index >= 15 is 0 Å². The van der Waals surface area contributed by atoms with Gasteiger partial charge >= 0.3 is 0 Å². The Balaban J connectivity index is 1.96. The van der Waals surface area contributed by atoms with Gasteiger partial charge in [-0.2, -0.15) is 0 Å². The first-order valence-electron chi connectivity index (χ1n) is 7.26. The molecule has 0 aliphatic carbocycles. The molecule has 1 N–H and O–H groups in total. The van der Waals surface area contributed by atoms with Crippen LogP contribution in [-0.2, 0) is 13.0 Å². The van der Waals surface area contributed by atoms with Crippen molar-refractivity contribution in [2.75, 3.05) is 13.2 Å². The van der Waals surface area contributed by atoms with Gasteiger partial charge in [0, 0.05) is 27.2 Å². The van der Waals surface area contributed by atoms with Gasteiger partial charge in [0.05, 0.1) is 11.6 Å². The second-order valence-electron chi connectivity index (χ2n) is 4.97. The molecule has 0 aromatic heterocycles. The van der Waals surface area contributed by atoms with Crippen LogP contribution in [0.3, 0.4) is 0 Å². The molecule has 6 heteroatoms. The average Bonchev–Trinajstić information content (AvgIpc) is 2.48. The molecule has 23 heavy (non-hydrogen) atoms. The van der Waals surface area contributed by atoms with Gasteiger partial charge in [0.25, 0.3) is 0 Å². The molecule has 2 aromatic rings. The summed E-state index contributed by atoms with van der Waals surface area (Å²) >= 11 is 24.3. The van der Waals surface area contributed by atoms with E-state index in [1.807, 2.05) is 25.1 Å². The Kier molecular flexibility index (Phi) is 7.32. The summed E-state index contributed by atoms with van der Waals surface area (Å²) in [4.78, 5) is 0. The molecule has 0 unspecified atom stereocenters. The number of hydrogen-bond donors (Lipinski definition) is 1. The van der Waals surface area contributed by atoms with Gasteiger partial charge in [0.2, 0.25) is 0 Å². The zero-order valence-electron chi connectivity index (χ0n) is 12.6. The molecule has 0 aliphatic rings. The van der Waals surface area contributed by atoms with Crippen molar-refractivity contribution in [1.82, 2.24) is 5.32 Å². The monoisotopic (exact) mass is 391 g/mol. The Morgan fingerprint density at radius 3 is 2.35 bits per heavy atom. The predicted molar refractivity (Wildman–Crippen MR) is 99.5 cm³/mol. The van der Waals surface area contributed by atoms with Crippen molar-refractivity contribution in [2.24, 2.45) is 0 Å². The summed E-state index contributed by atoms with van der Waals surface area (Å²) in [5, 5.41) is 5.80. The molecule has 0 atom stereocenters. The van der Waals surface area contributed by atoms with E-state index in [4.69, 9.17) is 51.1 Å². The van der Waals surface area contributed by atoms with Crippen LogP contribution in [0.5, 0.6) is 5.75 Å². The van der Waals surface area contributed by atoms with E-state index in [-0.39, 0.29) is 0 Å². The fraction of sp³-hybridized carbons (Fsp3) is 0.294. The third kappa shape index (κ3) is 5.44. The highest BCUT2D eigenvalue weighted by atomic mass is 35.5. The molecule has 124 valence electrons. The minimum atomic E-state index is 0.525. The molecule has 2 aromatic carbocycles. The minimum absolute atomic E-state index is 0.525. The van der Waals surface area contributed by atoms with Crippen LogP contribution >= 0.6 is 46.4 Å². The normalized spacial score (nSPS) is 10.8. The van der Waals surface area contributed by atoms with Crippen molar-refractivity contribution in [1.29, 1.82) is 0 Å². The summed E-state index contributed by atoms with van der Waals surface area (Å²) in [5.74, 6) is 0.676. The van der Waals surface area contributed by atoms with Crippen molar-refractivity contribution in [2.45, 2.75) is 19.9 Å². The highest BCUT2D eigenvalue weighted by molar-refractivity contribution is 6.36. The van der Waals surface area contributed by atoms with Crippen molar-refractivity contribution in [3.63, 3.8) is 0 Å². The summed E-state index contributed by atoms with van der Waals surface area (Å²) < 4.78 is 5.60. The highest BCUT2D eigenvalue weighted by Crippen LogP contribution is 2.32. The first kappa shape index (κ1) is 18.7. The third-order valence-electron chi connectivity index (χ3n) is 3.28. The average molecular weight is 393 g/mol. The van der Waals surface area contributed by atoms with Crippen molar-refractivity contribution in [3.8, 4) is 5.75 Å². The fourth-order valence-electron chi connectivity index (χ4n) is 2.22. The molecular weight excluding hydrogens is 376 g/mol. The lowest BCUT2D eigenvalue weighted by Gasteiger charge is -2.13. The standard InChI is InChI=1S/C17H17Cl4NO/c1-2-23-17-12(7-14(19)9-16(17)21)10-22-6-5-11-3-4-13(18)8-15(11)20/h3-4,7-9,22H,2,5-6,10H2,1H3. The van der Waals surface area contributed by atoms with E-state index in [0.29, 0.717) is 39.0 Å². The molecule has 2 nitrogen and oxygen atoms in total. The molecule has 0 radical (unpaired) electrons. The number of ether oxygens (including phenoxy) is 1. The van der Waals surface area contributed by atoms with E-state index in [1.54, 1.807) is 12.1 Å². The number of hydrogen-bond acceptors (Lipinski definition) is 2. The summed E-state index contributed by atoms with van der Waals surface area (Å²) in [6, 6.07) is 9.08. The Bertz CT molecular complexity index is 676. The van der Waals surface area contributed by atoms with E-state index < -0.39 is 0 Å². The molecular formula is C17H17Cl4NO. The summed E-state index contributed by atoms with van der Waals surface area (Å²) in [6.45, 7) is 3.84. The third-order valence-corrected chi connectivity index (χ3v) is 4.36. The van der Waals surface area contributed by atoms with Gasteiger partial charge in [0.1, 0.15) is 5.75 Å².